The third-order valence-electron chi connectivity index (χ3n) is 3.33. The van der Waals surface area contributed by atoms with Crippen LogP contribution in [0.1, 0.15) is 6.42 Å². The number of hydrogen-bond acceptors (Lipinski definition) is 2. The highest BCUT2D eigenvalue weighted by Crippen LogP contribution is 2.44. The number of hydrogen-bond donors (Lipinski definition) is 2. The van der Waals surface area contributed by atoms with E-state index < -0.39 is 42.0 Å². The second kappa shape index (κ2) is 5.21. The van der Waals surface area contributed by atoms with Gasteiger partial charge in [-0.15, -0.1) is 0 Å². The zero-order valence-electron chi connectivity index (χ0n) is 10.2. The maximum Gasteiger partial charge on any atom is 0.404 e. The Labute approximate surface area is 117 Å². The molecular weight excluding hydrogens is 300 g/mol. The van der Waals surface area contributed by atoms with Gasteiger partial charge in [-0.3, -0.25) is 4.79 Å². The van der Waals surface area contributed by atoms with E-state index in [1.165, 1.54) is 12.1 Å². The van der Waals surface area contributed by atoms with Crippen LogP contribution in [0.2, 0.25) is 5.02 Å². The van der Waals surface area contributed by atoms with Gasteiger partial charge in [0.15, 0.2) is 5.41 Å². The van der Waals surface area contributed by atoms with Crippen molar-refractivity contribution in [3.8, 4) is 0 Å². The van der Waals surface area contributed by atoms with E-state index in [1.54, 1.807) is 0 Å². The van der Waals surface area contributed by atoms with Crippen molar-refractivity contribution >= 4 is 23.2 Å². The lowest BCUT2D eigenvalue weighted by Crippen LogP contribution is -2.49. The molecule has 0 bridgehead atoms. The summed E-state index contributed by atoms with van der Waals surface area (Å²) in [7, 11) is 0. The Hall–Kier alpha value is -1.34. The van der Waals surface area contributed by atoms with Crippen molar-refractivity contribution in [2.45, 2.75) is 12.6 Å². The maximum atomic E-state index is 13.5. The van der Waals surface area contributed by atoms with Crippen molar-refractivity contribution in [3.63, 3.8) is 0 Å². The molecule has 0 aromatic heterocycles. The molecule has 0 saturated carbocycles. The molecule has 3 nitrogen and oxygen atoms in total. The molecular formula is C12H11ClF4N2O. The van der Waals surface area contributed by atoms with E-state index in [9.17, 15) is 22.4 Å². The minimum atomic E-state index is -4.72. The number of halogens is 5. The quantitative estimate of drug-likeness (QED) is 0.825. The van der Waals surface area contributed by atoms with Gasteiger partial charge in [0, 0.05) is 6.54 Å². The lowest BCUT2D eigenvalue weighted by atomic mass is 9.85. The number of carbonyl (C=O) groups is 1. The molecule has 1 aliphatic rings. The van der Waals surface area contributed by atoms with Crippen LogP contribution in [0.25, 0.3) is 0 Å². The third kappa shape index (κ3) is 2.47. The standard InChI is InChI=1S/C12H11ClF4N2O/c13-7-2-1-3-8(14)9(7)19-10(20)11(12(15,16)17)4-5-18-6-11/h1-3,18H,4-6H2,(H,19,20). The summed E-state index contributed by atoms with van der Waals surface area (Å²) >= 11 is 5.69. The highest BCUT2D eigenvalue weighted by molar-refractivity contribution is 6.33. The van der Waals surface area contributed by atoms with Crippen LogP contribution in [0.4, 0.5) is 23.2 Å². The first-order chi connectivity index (χ1) is 9.28. The SMILES string of the molecule is O=C(Nc1c(F)cccc1Cl)C1(C(F)(F)F)CCNC1. The molecule has 2 N–H and O–H groups in total. The van der Waals surface area contributed by atoms with Crippen molar-refractivity contribution in [3.05, 3.63) is 29.0 Å². The average Bonchev–Trinajstić information content (AvgIpc) is 2.83. The number of anilines is 1. The molecule has 20 heavy (non-hydrogen) atoms. The summed E-state index contributed by atoms with van der Waals surface area (Å²) in [5.74, 6) is -2.18. The van der Waals surface area contributed by atoms with Crippen LogP contribution in [0.15, 0.2) is 18.2 Å². The van der Waals surface area contributed by atoms with Crippen LogP contribution in [-0.2, 0) is 4.79 Å². The van der Waals surface area contributed by atoms with Crippen molar-refractivity contribution in [2.24, 2.45) is 5.41 Å². The van der Waals surface area contributed by atoms with Gasteiger partial charge in [0.2, 0.25) is 5.91 Å². The Morgan fingerprint density at radius 2 is 2.10 bits per heavy atom. The summed E-state index contributed by atoms with van der Waals surface area (Å²) in [6, 6.07) is 3.59. The van der Waals surface area contributed by atoms with Gasteiger partial charge in [-0.25, -0.2) is 4.39 Å². The van der Waals surface area contributed by atoms with Gasteiger partial charge < -0.3 is 10.6 Å². The second-order valence-corrected chi connectivity index (χ2v) is 4.96. The van der Waals surface area contributed by atoms with Crippen molar-refractivity contribution in [2.75, 3.05) is 18.4 Å². The van der Waals surface area contributed by atoms with E-state index in [0.29, 0.717) is 0 Å². The van der Waals surface area contributed by atoms with E-state index in [-0.39, 0.29) is 11.6 Å². The fraction of sp³-hybridized carbons (Fsp3) is 0.417. The monoisotopic (exact) mass is 310 g/mol. The normalized spacial score (nSPS) is 22.9. The topological polar surface area (TPSA) is 41.1 Å². The minimum Gasteiger partial charge on any atom is -0.322 e. The third-order valence-corrected chi connectivity index (χ3v) is 3.65. The molecule has 110 valence electrons. The average molecular weight is 311 g/mol. The molecule has 0 radical (unpaired) electrons. The zero-order chi connectivity index (χ0) is 15.0. The summed E-state index contributed by atoms with van der Waals surface area (Å²) in [6.45, 7) is -0.466. The molecule has 1 saturated heterocycles. The fourth-order valence-corrected chi connectivity index (χ4v) is 2.32. The molecule has 1 atom stereocenters. The molecule has 0 spiro atoms. The second-order valence-electron chi connectivity index (χ2n) is 4.56. The largest absolute Gasteiger partial charge is 0.404 e. The Morgan fingerprint density at radius 1 is 1.40 bits per heavy atom. The van der Waals surface area contributed by atoms with Crippen molar-refractivity contribution in [1.82, 2.24) is 5.32 Å². The molecule has 1 fully saturated rings. The first kappa shape index (κ1) is 15.1. The van der Waals surface area contributed by atoms with Gasteiger partial charge in [-0.1, -0.05) is 17.7 Å². The summed E-state index contributed by atoms with van der Waals surface area (Å²) in [5.41, 5.74) is -2.99. The molecule has 1 aromatic carbocycles. The van der Waals surface area contributed by atoms with Crippen LogP contribution in [0.3, 0.4) is 0 Å². The Bertz CT molecular complexity index is 506. The zero-order valence-corrected chi connectivity index (χ0v) is 10.9. The first-order valence-electron chi connectivity index (χ1n) is 5.81. The van der Waals surface area contributed by atoms with Gasteiger partial charge in [-0.2, -0.15) is 13.2 Å². The number of rotatable bonds is 2. The molecule has 1 amide bonds. The number of amides is 1. The van der Waals surface area contributed by atoms with Gasteiger partial charge in [0.1, 0.15) is 5.82 Å². The molecule has 1 unspecified atom stereocenters. The van der Waals surface area contributed by atoms with Gasteiger partial charge in [-0.05, 0) is 25.1 Å². The lowest BCUT2D eigenvalue weighted by molar-refractivity contribution is -0.213. The Kier molecular flexibility index (Phi) is 3.93. The van der Waals surface area contributed by atoms with E-state index in [1.807, 2.05) is 5.32 Å². The maximum absolute atomic E-state index is 13.5. The summed E-state index contributed by atoms with van der Waals surface area (Å²) in [4.78, 5) is 12.0. The van der Waals surface area contributed by atoms with E-state index >= 15 is 0 Å². The summed E-state index contributed by atoms with van der Waals surface area (Å²) in [6.07, 6.45) is -5.12. The van der Waals surface area contributed by atoms with Crippen molar-refractivity contribution in [1.29, 1.82) is 0 Å². The van der Waals surface area contributed by atoms with Crippen molar-refractivity contribution < 1.29 is 22.4 Å². The molecule has 8 heteroatoms. The number of alkyl halides is 3. The molecule has 1 aromatic rings. The van der Waals surface area contributed by atoms with E-state index in [2.05, 4.69) is 5.32 Å². The number of carbonyl (C=O) groups excluding carboxylic acids is 1. The van der Waals surface area contributed by atoms with Crippen LogP contribution in [-0.4, -0.2) is 25.2 Å². The molecule has 0 aliphatic carbocycles. The van der Waals surface area contributed by atoms with E-state index in [4.69, 9.17) is 11.6 Å². The lowest BCUT2D eigenvalue weighted by Gasteiger charge is -2.29. The van der Waals surface area contributed by atoms with Crippen LogP contribution >= 0.6 is 11.6 Å². The van der Waals surface area contributed by atoms with Crippen LogP contribution in [0.5, 0.6) is 0 Å². The Morgan fingerprint density at radius 3 is 2.60 bits per heavy atom. The smallest absolute Gasteiger partial charge is 0.322 e. The first-order valence-corrected chi connectivity index (χ1v) is 6.19. The number of nitrogens with one attached hydrogen (secondary N) is 2. The molecule has 2 rings (SSSR count). The molecule has 1 heterocycles. The number of para-hydroxylation sites is 1. The fourth-order valence-electron chi connectivity index (χ4n) is 2.11. The van der Waals surface area contributed by atoms with Gasteiger partial charge in [0.25, 0.3) is 0 Å². The summed E-state index contributed by atoms with van der Waals surface area (Å²) < 4.78 is 53.0. The minimum absolute atomic E-state index is 0.0674. The predicted molar refractivity (Wildman–Crippen MR) is 66.0 cm³/mol. The predicted octanol–water partition coefficient (Wildman–Crippen LogP) is 2.96. The molecule has 1 aliphatic heterocycles. The highest BCUT2D eigenvalue weighted by atomic mass is 35.5. The van der Waals surface area contributed by atoms with Gasteiger partial charge in [0.05, 0.1) is 10.7 Å². The van der Waals surface area contributed by atoms with Gasteiger partial charge >= 0.3 is 6.18 Å². The summed E-state index contributed by atoms with van der Waals surface area (Å²) in [5, 5.41) is 4.32. The Balaban J connectivity index is 2.31. The van der Waals surface area contributed by atoms with Crippen LogP contribution in [0, 0.1) is 11.2 Å². The number of benzene rings is 1. The van der Waals surface area contributed by atoms with E-state index in [0.717, 1.165) is 6.07 Å². The van der Waals surface area contributed by atoms with Crippen LogP contribution < -0.4 is 10.6 Å². The highest BCUT2D eigenvalue weighted by Gasteiger charge is 2.61.